The van der Waals surface area contributed by atoms with E-state index in [9.17, 15) is 4.39 Å². The number of rotatable bonds is 4. The molecule has 0 bridgehead atoms. The van der Waals surface area contributed by atoms with E-state index in [0.29, 0.717) is 0 Å². The Kier molecular flexibility index (Phi) is 4.30. The summed E-state index contributed by atoms with van der Waals surface area (Å²) in [5, 5.41) is 0. The number of benzene rings is 2. The number of nitrogens with one attached hydrogen (secondary N) is 1. The van der Waals surface area contributed by atoms with Gasteiger partial charge in [-0.05, 0) is 47.7 Å². The van der Waals surface area contributed by atoms with E-state index in [1.54, 1.807) is 12.1 Å². The van der Waals surface area contributed by atoms with Crippen molar-refractivity contribution in [1.29, 1.82) is 0 Å². The summed E-state index contributed by atoms with van der Waals surface area (Å²) in [5.74, 6) is 5.43. The van der Waals surface area contributed by atoms with Crippen LogP contribution in [-0.4, -0.2) is 0 Å². The summed E-state index contributed by atoms with van der Waals surface area (Å²) in [4.78, 5) is 0. The number of aryl methyl sites for hydroxylation is 2. The van der Waals surface area contributed by atoms with Crippen molar-refractivity contribution in [3.05, 3.63) is 70.5 Å². The summed E-state index contributed by atoms with van der Waals surface area (Å²) in [6.07, 6.45) is 0.966. The van der Waals surface area contributed by atoms with Crippen LogP contribution >= 0.6 is 0 Å². The van der Waals surface area contributed by atoms with Crippen LogP contribution in [0.25, 0.3) is 0 Å². The van der Waals surface area contributed by atoms with Crippen LogP contribution in [0.3, 0.4) is 0 Å². The molecule has 2 rings (SSSR count). The third-order valence-corrected chi connectivity index (χ3v) is 3.41. The molecule has 2 aromatic rings. The Bertz CT molecular complexity index is 566. The van der Waals surface area contributed by atoms with Crippen LogP contribution in [0.4, 0.5) is 4.39 Å². The molecule has 0 aliphatic heterocycles. The molecule has 3 N–H and O–H groups in total. The Morgan fingerprint density at radius 3 is 2.68 bits per heavy atom. The van der Waals surface area contributed by atoms with Gasteiger partial charge in [-0.15, -0.1) is 0 Å². The molecule has 0 aromatic heterocycles. The molecule has 0 saturated heterocycles. The van der Waals surface area contributed by atoms with E-state index in [1.165, 1.54) is 11.6 Å². The van der Waals surface area contributed by atoms with Gasteiger partial charge in [0.15, 0.2) is 0 Å². The third-order valence-electron chi connectivity index (χ3n) is 3.41. The van der Waals surface area contributed by atoms with Crippen molar-refractivity contribution >= 4 is 0 Å². The topological polar surface area (TPSA) is 38.0 Å². The van der Waals surface area contributed by atoms with Gasteiger partial charge in [0.2, 0.25) is 0 Å². The Labute approximate surface area is 113 Å². The highest BCUT2D eigenvalue weighted by Gasteiger charge is 2.15. The van der Waals surface area contributed by atoms with Gasteiger partial charge in [-0.1, -0.05) is 37.3 Å². The first-order chi connectivity index (χ1) is 9.15. The van der Waals surface area contributed by atoms with Gasteiger partial charge in [0.05, 0.1) is 6.04 Å². The lowest BCUT2D eigenvalue weighted by Gasteiger charge is -2.19. The van der Waals surface area contributed by atoms with Gasteiger partial charge in [0.25, 0.3) is 0 Å². The maximum absolute atomic E-state index is 13.4. The van der Waals surface area contributed by atoms with Crippen LogP contribution in [0.2, 0.25) is 0 Å². The molecule has 0 fully saturated rings. The van der Waals surface area contributed by atoms with Gasteiger partial charge in [-0.2, -0.15) is 0 Å². The van der Waals surface area contributed by atoms with Crippen LogP contribution in [0.5, 0.6) is 0 Å². The molecule has 3 heteroatoms. The average molecular weight is 258 g/mol. The van der Waals surface area contributed by atoms with Crippen molar-refractivity contribution in [3.8, 4) is 0 Å². The molecule has 0 aliphatic rings. The van der Waals surface area contributed by atoms with Crippen LogP contribution < -0.4 is 11.3 Å². The third kappa shape index (κ3) is 3.00. The maximum atomic E-state index is 13.4. The SMILES string of the molecule is CCc1cccc(C(NN)c2cc(F)ccc2C)c1. The minimum absolute atomic E-state index is 0.192. The highest BCUT2D eigenvalue weighted by Crippen LogP contribution is 2.25. The quantitative estimate of drug-likeness (QED) is 0.652. The fourth-order valence-corrected chi connectivity index (χ4v) is 2.28. The van der Waals surface area contributed by atoms with E-state index in [1.807, 2.05) is 19.1 Å². The molecule has 2 aromatic carbocycles. The van der Waals surface area contributed by atoms with E-state index in [-0.39, 0.29) is 11.9 Å². The number of hydrogen-bond acceptors (Lipinski definition) is 2. The van der Waals surface area contributed by atoms with Crippen molar-refractivity contribution in [2.45, 2.75) is 26.3 Å². The summed E-state index contributed by atoms with van der Waals surface area (Å²) in [6.45, 7) is 4.07. The van der Waals surface area contributed by atoms with Crippen LogP contribution in [-0.2, 0) is 6.42 Å². The molecule has 0 amide bonds. The van der Waals surface area contributed by atoms with Gasteiger partial charge in [0, 0.05) is 0 Å². The molecule has 0 aliphatic carbocycles. The average Bonchev–Trinajstić information content (AvgIpc) is 2.44. The first-order valence-corrected chi connectivity index (χ1v) is 6.46. The molecule has 0 radical (unpaired) electrons. The molecule has 100 valence electrons. The lowest BCUT2D eigenvalue weighted by Crippen LogP contribution is -2.29. The number of hydrazine groups is 1. The molecular weight excluding hydrogens is 239 g/mol. The Balaban J connectivity index is 2.46. The van der Waals surface area contributed by atoms with Crippen molar-refractivity contribution in [2.75, 3.05) is 0 Å². The molecular formula is C16H19FN2. The van der Waals surface area contributed by atoms with Gasteiger partial charge in [-0.3, -0.25) is 5.84 Å². The van der Waals surface area contributed by atoms with Crippen LogP contribution in [0.15, 0.2) is 42.5 Å². The van der Waals surface area contributed by atoms with Gasteiger partial charge < -0.3 is 0 Å². The maximum Gasteiger partial charge on any atom is 0.123 e. The first-order valence-electron chi connectivity index (χ1n) is 6.46. The Morgan fingerprint density at radius 2 is 2.00 bits per heavy atom. The van der Waals surface area contributed by atoms with Crippen molar-refractivity contribution in [1.82, 2.24) is 5.43 Å². The molecule has 0 heterocycles. The Morgan fingerprint density at radius 1 is 1.21 bits per heavy atom. The molecule has 0 spiro atoms. The van der Waals surface area contributed by atoms with E-state index < -0.39 is 0 Å². The zero-order valence-electron chi connectivity index (χ0n) is 11.3. The normalized spacial score (nSPS) is 12.4. The summed E-state index contributed by atoms with van der Waals surface area (Å²) in [7, 11) is 0. The smallest absolute Gasteiger partial charge is 0.123 e. The summed E-state index contributed by atoms with van der Waals surface area (Å²) in [5.41, 5.74) is 6.97. The zero-order chi connectivity index (χ0) is 13.8. The predicted molar refractivity (Wildman–Crippen MR) is 76.1 cm³/mol. The molecule has 2 nitrogen and oxygen atoms in total. The summed E-state index contributed by atoms with van der Waals surface area (Å²) >= 11 is 0. The zero-order valence-corrected chi connectivity index (χ0v) is 11.3. The highest BCUT2D eigenvalue weighted by molar-refractivity contribution is 5.38. The van der Waals surface area contributed by atoms with E-state index >= 15 is 0 Å². The lowest BCUT2D eigenvalue weighted by atomic mass is 9.94. The molecule has 0 saturated carbocycles. The lowest BCUT2D eigenvalue weighted by molar-refractivity contribution is 0.602. The summed E-state index contributed by atoms with van der Waals surface area (Å²) < 4.78 is 13.4. The van der Waals surface area contributed by atoms with Gasteiger partial charge >= 0.3 is 0 Å². The largest absolute Gasteiger partial charge is 0.271 e. The summed E-state index contributed by atoms with van der Waals surface area (Å²) in [6, 6.07) is 12.8. The molecule has 1 atom stereocenters. The van der Waals surface area contributed by atoms with Gasteiger partial charge in [-0.25, -0.2) is 9.82 Å². The van der Waals surface area contributed by atoms with Gasteiger partial charge in [0.1, 0.15) is 5.82 Å². The minimum Gasteiger partial charge on any atom is -0.271 e. The monoisotopic (exact) mass is 258 g/mol. The van der Waals surface area contributed by atoms with Crippen molar-refractivity contribution < 1.29 is 4.39 Å². The second-order valence-electron chi connectivity index (χ2n) is 4.70. The highest BCUT2D eigenvalue weighted by atomic mass is 19.1. The number of nitrogens with two attached hydrogens (primary N) is 1. The first kappa shape index (κ1) is 13.7. The van der Waals surface area contributed by atoms with E-state index in [2.05, 4.69) is 24.5 Å². The van der Waals surface area contributed by atoms with E-state index in [4.69, 9.17) is 5.84 Å². The predicted octanol–water partition coefficient (Wildman–Crippen LogP) is 3.25. The second kappa shape index (κ2) is 5.95. The molecule has 1 unspecified atom stereocenters. The number of hydrogen-bond donors (Lipinski definition) is 2. The van der Waals surface area contributed by atoms with Crippen molar-refractivity contribution in [2.24, 2.45) is 5.84 Å². The minimum atomic E-state index is -0.243. The number of halogens is 1. The fourth-order valence-electron chi connectivity index (χ4n) is 2.28. The fraction of sp³-hybridized carbons (Fsp3) is 0.250. The van der Waals surface area contributed by atoms with E-state index in [0.717, 1.165) is 23.1 Å². The second-order valence-corrected chi connectivity index (χ2v) is 4.70. The van der Waals surface area contributed by atoms with Crippen LogP contribution in [0, 0.1) is 12.7 Å². The molecule has 19 heavy (non-hydrogen) atoms. The van der Waals surface area contributed by atoms with Crippen LogP contribution in [0.1, 0.15) is 35.2 Å². The van der Waals surface area contributed by atoms with Crippen molar-refractivity contribution in [3.63, 3.8) is 0 Å². The Hall–Kier alpha value is -1.71. The standard InChI is InChI=1S/C16H19FN2/c1-3-12-5-4-6-13(9-12)16(19-18)15-10-14(17)8-7-11(15)2/h4-10,16,19H,3,18H2,1-2H3.